The molecule has 3 aromatic carbocycles. The summed E-state index contributed by atoms with van der Waals surface area (Å²) in [4.78, 5) is 3.66. The van der Waals surface area contributed by atoms with E-state index in [1.807, 2.05) is 52.0 Å². The van der Waals surface area contributed by atoms with Gasteiger partial charge in [-0.1, -0.05) is 0 Å². The summed E-state index contributed by atoms with van der Waals surface area (Å²) in [6.45, 7) is 7.73. The van der Waals surface area contributed by atoms with Crippen LogP contribution in [0.1, 0.15) is 35.1 Å². The lowest BCUT2D eigenvalue weighted by atomic mass is 10.0. The predicted molar refractivity (Wildman–Crippen MR) is 128 cm³/mol. The van der Waals surface area contributed by atoms with Gasteiger partial charge in [-0.3, -0.25) is 0 Å². The van der Waals surface area contributed by atoms with Crippen LogP contribution in [0.25, 0.3) is 0 Å². The third-order valence-electron chi connectivity index (χ3n) is 5.93. The zero-order valence-corrected chi connectivity index (χ0v) is 19.0. The van der Waals surface area contributed by atoms with E-state index in [2.05, 4.69) is 29.2 Å². The van der Waals surface area contributed by atoms with Crippen molar-refractivity contribution in [3.05, 3.63) is 70.8 Å². The van der Waals surface area contributed by atoms with Crippen molar-refractivity contribution >= 4 is 28.0 Å². The molecule has 1 fully saturated rings. The Morgan fingerprint density at radius 3 is 1.43 bits per heavy atom. The number of anilines is 3. The molecular formula is C26H30NO2S+. The van der Waals surface area contributed by atoms with Crippen LogP contribution in [0.5, 0.6) is 11.5 Å². The molecule has 4 heteroatoms. The van der Waals surface area contributed by atoms with Gasteiger partial charge in [0.25, 0.3) is 0 Å². The summed E-state index contributed by atoms with van der Waals surface area (Å²) < 4.78 is 0. The van der Waals surface area contributed by atoms with Crippen molar-refractivity contribution in [1.82, 2.24) is 0 Å². The van der Waals surface area contributed by atoms with E-state index in [0.29, 0.717) is 22.4 Å². The van der Waals surface area contributed by atoms with Gasteiger partial charge >= 0.3 is 0 Å². The van der Waals surface area contributed by atoms with Gasteiger partial charge in [-0.05, 0) is 111 Å². The Hall–Kier alpha value is -2.59. The molecule has 0 amide bonds. The Kier molecular flexibility index (Phi) is 5.70. The quantitative estimate of drug-likeness (QED) is 0.469. The average Bonchev–Trinajstić information content (AvgIpc) is 3.26. The molecule has 0 spiro atoms. The van der Waals surface area contributed by atoms with Crippen LogP contribution < -0.4 is 4.90 Å². The van der Waals surface area contributed by atoms with E-state index in [-0.39, 0.29) is 0 Å². The van der Waals surface area contributed by atoms with Crippen molar-refractivity contribution in [3.8, 4) is 11.5 Å². The highest BCUT2D eigenvalue weighted by molar-refractivity contribution is 7.97. The molecule has 0 aromatic heterocycles. The monoisotopic (exact) mass is 420 g/mol. The largest absolute Gasteiger partial charge is 0.507 e. The number of phenolic OH excluding ortho intramolecular Hbond substituents is 2. The van der Waals surface area contributed by atoms with Crippen LogP contribution in [0.2, 0.25) is 0 Å². The molecule has 30 heavy (non-hydrogen) atoms. The molecule has 0 aliphatic carbocycles. The van der Waals surface area contributed by atoms with Crippen LogP contribution in [-0.4, -0.2) is 21.7 Å². The van der Waals surface area contributed by atoms with E-state index in [1.165, 1.54) is 29.2 Å². The van der Waals surface area contributed by atoms with Gasteiger partial charge in [0.05, 0.1) is 0 Å². The predicted octanol–water partition coefficient (Wildman–Crippen LogP) is 6.57. The number of phenols is 2. The molecule has 3 aromatic rings. The van der Waals surface area contributed by atoms with Crippen molar-refractivity contribution in [2.75, 3.05) is 16.4 Å². The molecule has 1 aliphatic heterocycles. The average molecular weight is 421 g/mol. The number of benzene rings is 3. The lowest BCUT2D eigenvalue weighted by molar-refractivity contribution is 0.467. The summed E-state index contributed by atoms with van der Waals surface area (Å²) in [6, 6.07) is 17.0. The standard InChI is InChI=1S/C26H29NO2S/c1-17-13-22(14-18(2)25(17)28)27(23-15-19(3)26(29)20(4)16-23)21-7-9-24(10-8-21)30-11-5-6-12-30/h7-10,13-16H,5-6,11-12H2,1-4H3,(H-,28,29)/p+1. The van der Waals surface area contributed by atoms with Gasteiger partial charge in [0, 0.05) is 28.0 Å². The first-order valence-electron chi connectivity index (χ1n) is 10.5. The summed E-state index contributed by atoms with van der Waals surface area (Å²) in [7, 11) is 0.393. The van der Waals surface area contributed by atoms with E-state index in [1.54, 1.807) is 0 Å². The number of rotatable bonds is 4. The first-order valence-corrected chi connectivity index (χ1v) is 12.1. The van der Waals surface area contributed by atoms with Crippen LogP contribution in [0.4, 0.5) is 17.1 Å². The number of aryl methyl sites for hydroxylation is 4. The SMILES string of the molecule is Cc1cc(N(c2ccc([S+]3CCCC3)cc2)c2cc(C)c(O)c(C)c2)cc(C)c1O. The minimum atomic E-state index is 0.342. The van der Waals surface area contributed by atoms with Crippen molar-refractivity contribution in [1.29, 1.82) is 0 Å². The van der Waals surface area contributed by atoms with Gasteiger partial charge in [0.1, 0.15) is 23.0 Å². The fourth-order valence-electron chi connectivity index (χ4n) is 4.25. The Labute approximate surface area is 182 Å². The zero-order chi connectivity index (χ0) is 21.4. The highest BCUT2D eigenvalue weighted by Crippen LogP contribution is 2.40. The maximum Gasteiger partial charge on any atom is 0.155 e. The Morgan fingerprint density at radius 2 is 1.03 bits per heavy atom. The fourth-order valence-corrected chi connectivity index (χ4v) is 6.55. The van der Waals surface area contributed by atoms with Crippen LogP contribution >= 0.6 is 0 Å². The van der Waals surface area contributed by atoms with Gasteiger partial charge in [0.2, 0.25) is 0 Å². The summed E-state index contributed by atoms with van der Waals surface area (Å²) in [5.41, 5.74) is 6.50. The minimum Gasteiger partial charge on any atom is -0.507 e. The molecule has 1 heterocycles. The van der Waals surface area contributed by atoms with Crippen molar-refractivity contribution in [2.45, 2.75) is 45.4 Å². The zero-order valence-electron chi connectivity index (χ0n) is 18.2. The molecule has 0 bridgehead atoms. The Bertz CT molecular complexity index is 965. The number of hydrogen-bond donors (Lipinski definition) is 2. The summed E-state index contributed by atoms with van der Waals surface area (Å²) in [5, 5.41) is 20.6. The van der Waals surface area contributed by atoms with Crippen LogP contribution in [-0.2, 0) is 10.9 Å². The second-order valence-electron chi connectivity index (χ2n) is 8.29. The van der Waals surface area contributed by atoms with Crippen LogP contribution in [0.3, 0.4) is 0 Å². The number of aromatic hydroxyl groups is 2. The van der Waals surface area contributed by atoms with Gasteiger partial charge in [-0.15, -0.1) is 0 Å². The van der Waals surface area contributed by atoms with E-state index < -0.39 is 0 Å². The molecule has 156 valence electrons. The van der Waals surface area contributed by atoms with E-state index in [4.69, 9.17) is 0 Å². The highest BCUT2D eigenvalue weighted by Gasteiger charge is 2.27. The molecule has 0 unspecified atom stereocenters. The maximum atomic E-state index is 10.3. The first kappa shape index (κ1) is 20.7. The van der Waals surface area contributed by atoms with Gasteiger partial charge in [0.15, 0.2) is 4.90 Å². The van der Waals surface area contributed by atoms with Crippen molar-refractivity contribution < 1.29 is 10.2 Å². The molecule has 0 saturated carbocycles. The van der Waals surface area contributed by atoms with E-state index >= 15 is 0 Å². The fraction of sp³-hybridized carbons (Fsp3) is 0.308. The second kappa shape index (κ2) is 8.27. The van der Waals surface area contributed by atoms with Gasteiger partial charge in [-0.2, -0.15) is 0 Å². The number of nitrogens with zero attached hydrogens (tertiary/aromatic N) is 1. The second-order valence-corrected chi connectivity index (χ2v) is 10.6. The van der Waals surface area contributed by atoms with Crippen LogP contribution in [0.15, 0.2) is 53.4 Å². The molecular weight excluding hydrogens is 390 g/mol. The molecule has 0 radical (unpaired) electrons. The first-order chi connectivity index (χ1) is 14.3. The molecule has 3 nitrogen and oxygen atoms in total. The lowest BCUT2D eigenvalue weighted by Gasteiger charge is -2.27. The summed E-state index contributed by atoms with van der Waals surface area (Å²) in [5.74, 6) is 3.31. The molecule has 2 N–H and O–H groups in total. The minimum absolute atomic E-state index is 0.342. The summed E-state index contributed by atoms with van der Waals surface area (Å²) in [6.07, 6.45) is 2.68. The molecule has 0 atom stereocenters. The molecule has 1 aliphatic rings. The Balaban J connectivity index is 1.83. The van der Waals surface area contributed by atoms with E-state index in [0.717, 1.165) is 39.3 Å². The van der Waals surface area contributed by atoms with Crippen molar-refractivity contribution in [3.63, 3.8) is 0 Å². The van der Waals surface area contributed by atoms with E-state index in [9.17, 15) is 10.2 Å². The third kappa shape index (κ3) is 3.89. The lowest BCUT2D eigenvalue weighted by Crippen LogP contribution is -2.12. The topological polar surface area (TPSA) is 43.7 Å². The third-order valence-corrected chi connectivity index (χ3v) is 8.43. The smallest absolute Gasteiger partial charge is 0.155 e. The van der Waals surface area contributed by atoms with Gasteiger partial charge < -0.3 is 15.1 Å². The normalized spacial score (nSPS) is 14.3. The van der Waals surface area contributed by atoms with Gasteiger partial charge in [-0.25, -0.2) is 0 Å². The highest BCUT2D eigenvalue weighted by atomic mass is 32.2. The Morgan fingerprint density at radius 1 is 0.633 bits per heavy atom. The molecule has 1 saturated heterocycles. The molecule has 4 rings (SSSR count). The number of hydrogen-bond acceptors (Lipinski definition) is 3. The maximum absolute atomic E-state index is 10.3. The van der Waals surface area contributed by atoms with Crippen molar-refractivity contribution in [2.24, 2.45) is 0 Å². The van der Waals surface area contributed by atoms with Crippen LogP contribution in [0, 0.1) is 27.7 Å². The summed E-state index contributed by atoms with van der Waals surface area (Å²) >= 11 is 0.